The number of fused-ring (bicyclic) bond motifs is 7. The van der Waals surface area contributed by atoms with E-state index in [1.165, 1.54) is 115 Å². The van der Waals surface area contributed by atoms with Crippen molar-refractivity contribution in [1.29, 1.82) is 0 Å². The topological polar surface area (TPSA) is 8.17 Å². The monoisotopic (exact) mass is 810 g/mol. The molecular weight excluding hydrogens is 761 g/mol. The van der Waals surface area contributed by atoms with Gasteiger partial charge in [-0.25, -0.2) is 0 Å². The van der Waals surface area contributed by atoms with Crippen LogP contribution in [0.2, 0.25) is 0 Å². The minimum absolute atomic E-state index is 0.0539. The summed E-state index contributed by atoms with van der Waals surface area (Å²) < 4.78 is 2.43. The van der Waals surface area contributed by atoms with Crippen LogP contribution in [0.25, 0.3) is 71.6 Å². The Morgan fingerprint density at radius 1 is 0.460 bits per heavy atom. The van der Waals surface area contributed by atoms with Crippen molar-refractivity contribution in [3.63, 3.8) is 0 Å². The summed E-state index contributed by atoms with van der Waals surface area (Å²) in [6.07, 6.45) is 6.48. The lowest BCUT2D eigenvalue weighted by Crippen LogP contribution is -2.14. The summed E-state index contributed by atoms with van der Waals surface area (Å²) in [6.45, 7) is 4.73. The predicted molar refractivity (Wildman–Crippen MR) is 267 cm³/mol. The highest BCUT2D eigenvalue weighted by molar-refractivity contribution is 6.11. The Labute approximate surface area is 370 Å². The van der Waals surface area contributed by atoms with E-state index in [0.29, 0.717) is 5.92 Å². The minimum atomic E-state index is -0.0539. The van der Waals surface area contributed by atoms with E-state index in [1.54, 1.807) is 0 Å². The summed E-state index contributed by atoms with van der Waals surface area (Å²) in [5.74, 6) is 0.584. The van der Waals surface area contributed by atoms with Gasteiger partial charge < -0.3 is 9.47 Å². The molecule has 63 heavy (non-hydrogen) atoms. The summed E-state index contributed by atoms with van der Waals surface area (Å²) in [6, 6.07) is 74.9. The Balaban J connectivity index is 1.05. The molecule has 2 aliphatic rings. The average molecular weight is 811 g/mol. The van der Waals surface area contributed by atoms with Gasteiger partial charge in [0.1, 0.15) is 0 Å². The number of nitrogens with zero attached hydrogens (tertiary/aromatic N) is 2. The standard InChI is InChI=1S/C61H50N2/c1-61(2)55-28-12-9-23-49(55)50-37-33-44(39-56(50)61)41-31-34-46(35-32-41)62(47-36-38-53-51-24-10-14-30-58(51)63(59(53)40-47)45-21-7-4-8-22-45)57-29-13-11-25-52(57)54-27-16-20-43-19-15-26-48(60(43)54)42-17-5-3-6-18-42/h4,7-16,19-40,42H,3,5-6,17-18H2,1-2H3. The molecule has 0 radical (unpaired) electrons. The van der Waals surface area contributed by atoms with Crippen molar-refractivity contribution in [2.75, 3.05) is 4.90 Å². The maximum absolute atomic E-state index is 2.50. The third kappa shape index (κ3) is 6.15. The van der Waals surface area contributed by atoms with Crippen LogP contribution in [0.4, 0.5) is 17.1 Å². The number of hydrogen-bond donors (Lipinski definition) is 0. The Hall–Kier alpha value is -7.16. The molecule has 12 rings (SSSR count). The van der Waals surface area contributed by atoms with Crippen LogP contribution in [0.1, 0.15) is 68.6 Å². The Morgan fingerprint density at radius 3 is 1.95 bits per heavy atom. The van der Waals surface area contributed by atoms with Gasteiger partial charge in [0.15, 0.2) is 0 Å². The molecule has 304 valence electrons. The zero-order valence-corrected chi connectivity index (χ0v) is 36.1. The van der Waals surface area contributed by atoms with E-state index in [9.17, 15) is 0 Å². The third-order valence-electron chi connectivity index (χ3n) is 14.4. The molecule has 1 saturated carbocycles. The van der Waals surface area contributed by atoms with Crippen molar-refractivity contribution in [3.8, 4) is 39.1 Å². The lowest BCUT2D eigenvalue weighted by molar-refractivity contribution is 0.445. The molecule has 2 aliphatic carbocycles. The first-order valence-electron chi connectivity index (χ1n) is 22.9. The fourth-order valence-electron chi connectivity index (χ4n) is 11.3. The first kappa shape index (κ1) is 37.6. The number of anilines is 3. The molecule has 0 bridgehead atoms. The zero-order chi connectivity index (χ0) is 42.1. The molecule has 0 saturated heterocycles. The highest BCUT2D eigenvalue weighted by Crippen LogP contribution is 2.51. The predicted octanol–water partition coefficient (Wildman–Crippen LogP) is 17.1. The van der Waals surface area contributed by atoms with Gasteiger partial charge in [0.2, 0.25) is 0 Å². The molecule has 0 N–H and O–H groups in total. The second-order valence-electron chi connectivity index (χ2n) is 18.3. The van der Waals surface area contributed by atoms with Gasteiger partial charge in [-0.3, -0.25) is 0 Å². The Morgan fingerprint density at radius 2 is 1.11 bits per heavy atom. The first-order chi connectivity index (χ1) is 31.0. The van der Waals surface area contributed by atoms with Crippen LogP contribution in [-0.4, -0.2) is 4.57 Å². The largest absolute Gasteiger partial charge is 0.310 e. The highest BCUT2D eigenvalue weighted by atomic mass is 15.1. The van der Waals surface area contributed by atoms with Crippen molar-refractivity contribution in [3.05, 3.63) is 217 Å². The smallest absolute Gasteiger partial charge is 0.0561 e. The van der Waals surface area contributed by atoms with Crippen LogP contribution < -0.4 is 4.90 Å². The van der Waals surface area contributed by atoms with Gasteiger partial charge in [-0.1, -0.05) is 179 Å². The third-order valence-corrected chi connectivity index (χ3v) is 14.4. The van der Waals surface area contributed by atoms with Crippen LogP contribution in [-0.2, 0) is 5.41 Å². The second-order valence-corrected chi connectivity index (χ2v) is 18.3. The van der Waals surface area contributed by atoms with E-state index in [2.05, 4.69) is 224 Å². The van der Waals surface area contributed by atoms with Gasteiger partial charge in [0.25, 0.3) is 0 Å². The van der Waals surface area contributed by atoms with E-state index in [1.807, 2.05) is 0 Å². The number of aromatic nitrogens is 1. The maximum Gasteiger partial charge on any atom is 0.0561 e. The van der Waals surface area contributed by atoms with Crippen LogP contribution in [0.15, 0.2) is 200 Å². The van der Waals surface area contributed by atoms with Crippen molar-refractivity contribution in [1.82, 2.24) is 4.57 Å². The number of para-hydroxylation sites is 3. The van der Waals surface area contributed by atoms with Crippen molar-refractivity contribution in [2.45, 2.75) is 57.3 Å². The van der Waals surface area contributed by atoms with E-state index in [0.717, 1.165) is 22.7 Å². The minimum Gasteiger partial charge on any atom is -0.310 e. The summed E-state index contributed by atoms with van der Waals surface area (Å²) in [4.78, 5) is 2.50. The molecule has 2 heteroatoms. The maximum atomic E-state index is 2.50. The fourth-order valence-corrected chi connectivity index (χ4v) is 11.3. The van der Waals surface area contributed by atoms with Crippen LogP contribution in [0, 0.1) is 0 Å². The van der Waals surface area contributed by atoms with E-state index in [-0.39, 0.29) is 5.41 Å². The van der Waals surface area contributed by atoms with E-state index in [4.69, 9.17) is 0 Å². The molecule has 1 aromatic heterocycles. The summed E-state index contributed by atoms with van der Waals surface area (Å²) >= 11 is 0. The van der Waals surface area contributed by atoms with Crippen LogP contribution in [0.3, 0.4) is 0 Å². The number of hydrogen-bond acceptors (Lipinski definition) is 1. The Bertz CT molecular complexity index is 3340. The SMILES string of the molecule is CC1(C)c2ccccc2-c2ccc(-c3ccc(N(c4ccc5c6ccccc6n(-c6ccccc6)c5c4)c4ccccc4-c4cccc5cccc(C6CCCCC6)c45)cc3)cc21. The fraction of sp³-hybridized carbons (Fsp3) is 0.148. The molecular formula is C61H50N2. The summed E-state index contributed by atoms with van der Waals surface area (Å²) in [7, 11) is 0. The summed E-state index contributed by atoms with van der Waals surface area (Å²) in [5, 5.41) is 5.21. The molecule has 10 aromatic rings. The highest BCUT2D eigenvalue weighted by Gasteiger charge is 2.35. The van der Waals surface area contributed by atoms with Crippen LogP contribution >= 0.6 is 0 Å². The van der Waals surface area contributed by atoms with Gasteiger partial charge >= 0.3 is 0 Å². The Kier molecular flexibility index (Phi) is 8.97. The zero-order valence-electron chi connectivity index (χ0n) is 36.1. The van der Waals surface area contributed by atoms with Crippen molar-refractivity contribution in [2.24, 2.45) is 0 Å². The lowest BCUT2D eigenvalue weighted by Gasteiger charge is -2.29. The van der Waals surface area contributed by atoms with Gasteiger partial charge in [0, 0.05) is 38.8 Å². The first-order valence-corrected chi connectivity index (χ1v) is 22.9. The molecule has 0 spiro atoms. The molecule has 0 unspecified atom stereocenters. The molecule has 2 nitrogen and oxygen atoms in total. The molecule has 0 atom stereocenters. The normalized spacial score (nSPS) is 14.6. The second kappa shape index (κ2) is 15.0. The van der Waals surface area contributed by atoms with Gasteiger partial charge in [-0.15, -0.1) is 0 Å². The van der Waals surface area contributed by atoms with Gasteiger partial charge in [0.05, 0.1) is 16.7 Å². The van der Waals surface area contributed by atoms with Crippen molar-refractivity contribution >= 4 is 49.6 Å². The quantitative estimate of drug-likeness (QED) is 0.156. The molecule has 1 heterocycles. The molecule has 0 amide bonds. The molecule has 1 fully saturated rings. The van der Waals surface area contributed by atoms with Gasteiger partial charge in [-0.2, -0.15) is 0 Å². The molecule has 9 aromatic carbocycles. The average Bonchev–Trinajstić information content (AvgIpc) is 3.79. The molecule has 0 aliphatic heterocycles. The van der Waals surface area contributed by atoms with E-state index >= 15 is 0 Å². The van der Waals surface area contributed by atoms with E-state index < -0.39 is 0 Å². The lowest BCUT2D eigenvalue weighted by atomic mass is 9.80. The van der Waals surface area contributed by atoms with Crippen LogP contribution in [0.5, 0.6) is 0 Å². The van der Waals surface area contributed by atoms with Crippen molar-refractivity contribution < 1.29 is 0 Å². The number of benzene rings is 9. The summed E-state index contributed by atoms with van der Waals surface area (Å²) in [5.41, 5.74) is 18.9. The number of rotatable bonds is 7. The van der Waals surface area contributed by atoms with Gasteiger partial charge in [-0.05, 0) is 129 Å².